The van der Waals surface area contributed by atoms with Gasteiger partial charge in [0.25, 0.3) is 10.0 Å². The molecule has 9 heteroatoms. The van der Waals surface area contributed by atoms with E-state index in [0.717, 1.165) is 4.31 Å². The van der Waals surface area contributed by atoms with E-state index in [-0.39, 0.29) is 23.2 Å². The molecular formula is C25H25ClFN3O3S. The number of rotatable bonds is 6. The molecule has 1 saturated heterocycles. The number of aryl methyl sites for hydroxylation is 1. The molecule has 1 amide bonds. The molecule has 0 atom stereocenters. The molecule has 0 aromatic heterocycles. The van der Waals surface area contributed by atoms with Crippen LogP contribution in [-0.2, 0) is 14.8 Å². The van der Waals surface area contributed by atoms with Crippen LogP contribution in [0.2, 0.25) is 5.02 Å². The lowest BCUT2D eigenvalue weighted by atomic mass is 10.2. The van der Waals surface area contributed by atoms with Crippen LogP contribution >= 0.6 is 11.6 Å². The molecule has 0 aliphatic carbocycles. The van der Waals surface area contributed by atoms with Crippen LogP contribution in [-0.4, -0.2) is 51.9 Å². The highest BCUT2D eigenvalue weighted by Gasteiger charge is 2.31. The maximum Gasteiger partial charge on any atom is 0.264 e. The molecule has 3 aromatic carbocycles. The fourth-order valence-electron chi connectivity index (χ4n) is 4.00. The summed E-state index contributed by atoms with van der Waals surface area (Å²) in [4.78, 5) is 16.9. The smallest absolute Gasteiger partial charge is 0.264 e. The number of halogens is 2. The molecule has 0 bridgehead atoms. The monoisotopic (exact) mass is 501 g/mol. The highest BCUT2D eigenvalue weighted by molar-refractivity contribution is 7.92. The van der Waals surface area contributed by atoms with Gasteiger partial charge in [-0.25, -0.2) is 12.8 Å². The van der Waals surface area contributed by atoms with E-state index < -0.39 is 10.0 Å². The molecule has 0 spiro atoms. The summed E-state index contributed by atoms with van der Waals surface area (Å²) in [7, 11) is -4.02. The van der Waals surface area contributed by atoms with Gasteiger partial charge in [-0.15, -0.1) is 0 Å². The predicted molar refractivity (Wildman–Crippen MR) is 132 cm³/mol. The third kappa shape index (κ3) is 5.03. The van der Waals surface area contributed by atoms with Crippen molar-refractivity contribution in [3.05, 3.63) is 89.2 Å². The van der Waals surface area contributed by atoms with Gasteiger partial charge in [0.1, 0.15) is 12.4 Å². The zero-order valence-electron chi connectivity index (χ0n) is 18.7. The third-order valence-electron chi connectivity index (χ3n) is 5.88. The van der Waals surface area contributed by atoms with E-state index in [1.807, 2.05) is 4.90 Å². The van der Waals surface area contributed by atoms with E-state index in [9.17, 15) is 17.6 Å². The summed E-state index contributed by atoms with van der Waals surface area (Å²) < 4.78 is 42.4. The van der Waals surface area contributed by atoms with E-state index in [2.05, 4.69) is 0 Å². The van der Waals surface area contributed by atoms with Crippen molar-refractivity contribution in [2.24, 2.45) is 0 Å². The molecule has 1 aliphatic rings. The van der Waals surface area contributed by atoms with Crippen molar-refractivity contribution in [1.82, 2.24) is 4.90 Å². The first-order valence-electron chi connectivity index (χ1n) is 10.9. The van der Waals surface area contributed by atoms with Gasteiger partial charge < -0.3 is 9.80 Å². The number of sulfonamides is 1. The number of hydrogen-bond donors (Lipinski definition) is 0. The Hall–Kier alpha value is -3.10. The number of amides is 1. The molecule has 4 rings (SSSR count). The van der Waals surface area contributed by atoms with Crippen LogP contribution < -0.4 is 9.21 Å². The molecule has 178 valence electrons. The topological polar surface area (TPSA) is 60.9 Å². The number of nitrogens with zero attached hydrogens (tertiary/aromatic N) is 3. The summed E-state index contributed by atoms with van der Waals surface area (Å²) in [5, 5.41) is 0.375. The molecule has 3 aromatic rings. The van der Waals surface area contributed by atoms with Crippen molar-refractivity contribution < 1.29 is 17.6 Å². The van der Waals surface area contributed by atoms with Gasteiger partial charge in [0, 0.05) is 31.2 Å². The van der Waals surface area contributed by atoms with Gasteiger partial charge in [-0.05, 0) is 48.9 Å². The van der Waals surface area contributed by atoms with Gasteiger partial charge in [0.2, 0.25) is 5.91 Å². The first-order valence-corrected chi connectivity index (χ1v) is 12.7. The zero-order chi connectivity index (χ0) is 24.3. The van der Waals surface area contributed by atoms with Crippen LogP contribution in [0.25, 0.3) is 0 Å². The molecule has 1 heterocycles. The average molecular weight is 502 g/mol. The molecule has 34 heavy (non-hydrogen) atoms. The summed E-state index contributed by atoms with van der Waals surface area (Å²) in [5.74, 6) is -0.633. The number of carbonyl (C=O) groups is 1. The van der Waals surface area contributed by atoms with E-state index in [1.54, 1.807) is 66.4 Å². The SMILES string of the molecule is Cc1ccc(Cl)cc1N(CC(=O)N1CCN(c2ccccc2F)CC1)S(=O)(=O)c1ccccc1. The van der Waals surface area contributed by atoms with Crippen LogP contribution in [0, 0.1) is 12.7 Å². The number of carbonyl (C=O) groups excluding carboxylic acids is 1. The van der Waals surface area contributed by atoms with Gasteiger partial charge in [-0.2, -0.15) is 0 Å². The maximum absolute atomic E-state index is 14.1. The zero-order valence-corrected chi connectivity index (χ0v) is 20.3. The van der Waals surface area contributed by atoms with Crippen LogP contribution in [0.5, 0.6) is 0 Å². The van der Waals surface area contributed by atoms with Crippen molar-refractivity contribution in [3.63, 3.8) is 0 Å². The van der Waals surface area contributed by atoms with Gasteiger partial charge in [0.05, 0.1) is 16.3 Å². The Morgan fingerprint density at radius 1 is 0.971 bits per heavy atom. The van der Waals surface area contributed by atoms with Crippen molar-refractivity contribution >= 4 is 38.9 Å². The normalized spacial score (nSPS) is 14.2. The van der Waals surface area contributed by atoms with E-state index >= 15 is 0 Å². The van der Waals surface area contributed by atoms with Crippen LogP contribution in [0.15, 0.2) is 77.7 Å². The molecule has 1 fully saturated rings. The minimum Gasteiger partial charge on any atom is -0.366 e. The van der Waals surface area contributed by atoms with Crippen LogP contribution in [0.4, 0.5) is 15.8 Å². The predicted octanol–water partition coefficient (Wildman–Crippen LogP) is 4.33. The fraction of sp³-hybridized carbons (Fsp3) is 0.240. The number of para-hydroxylation sites is 1. The molecule has 1 aliphatic heterocycles. The Balaban J connectivity index is 1.57. The van der Waals surface area contributed by atoms with Crippen molar-refractivity contribution in [3.8, 4) is 0 Å². The Labute approximate surface area is 204 Å². The minimum absolute atomic E-state index is 0.0894. The Bertz CT molecular complexity index is 1280. The first kappa shape index (κ1) is 24.0. The molecule has 6 nitrogen and oxygen atoms in total. The van der Waals surface area contributed by atoms with Crippen molar-refractivity contribution in [2.75, 3.05) is 41.9 Å². The quantitative estimate of drug-likeness (QED) is 0.504. The summed E-state index contributed by atoms with van der Waals surface area (Å²) in [6.45, 7) is 3.04. The second-order valence-corrected chi connectivity index (χ2v) is 10.4. The summed E-state index contributed by atoms with van der Waals surface area (Å²) in [6.07, 6.45) is 0. The average Bonchev–Trinajstić information content (AvgIpc) is 2.85. The van der Waals surface area contributed by atoms with Crippen LogP contribution in [0.3, 0.4) is 0 Å². The van der Waals surface area contributed by atoms with Gasteiger partial charge in [-0.1, -0.05) is 48.0 Å². The van der Waals surface area contributed by atoms with Crippen LogP contribution in [0.1, 0.15) is 5.56 Å². The molecule has 0 N–H and O–H groups in total. The third-order valence-corrected chi connectivity index (χ3v) is 7.88. The highest BCUT2D eigenvalue weighted by atomic mass is 35.5. The largest absolute Gasteiger partial charge is 0.366 e. The minimum atomic E-state index is -4.02. The summed E-state index contributed by atoms with van der Waals surface area (Å²) in [6, 6.07) is 19.5. The second kappa shape index (κ2) is 10.0. The first-order chi connectivity index (χ1) is 16.3. The van der Waals surface area contributed by atoms with Crippen molar-refractivity contribution in [1.29, 1.82) is 0 Å². The Morgan fingerprint density at radius 3 is 2.29 bits per heavy atom. The lowest BCUT2D eigenvalue weighted by Crippen LogP contribution is -2.52. The van der Waals surface area contributed by atoms with Gasteiger partial charge in [-0.3, -0.25) is 9.10 Å². The second-order valence-electron chi connectivity index (χ2n) is 8.07. The van der Waals surface area contributed by atoms with Gasteiger partial charge in [0.15, 0.2) is 0 Å². The molecular weight excluding hydrogens is 477 g/mol. The van der Waals surface area contributed by atoms with E-state index in [4.69, 9.17) is 11.6 Å². The molecule has 0 unspecified atom stereocenters. The number of benzene rings is 3. The Morgan fingerprint density at radius 2 is 1.62 bits per heavy atom. The maximum atomic E-state index is 14.1. The van der Waals surface area contributed by atoms with E-state index in [0.29, 0.717) is 48.1 Å². The number of hydrogen-bond acceptors (Lipinski definition) is 4. The van der Waals surface area contributed by atoms with Gasteiger partial charge >= 0.3 is 0 Å². The number of piperazine rings is 1. The fourth-order valence-corrected chi connectivity index (χ4v) is 5.66. The summed E-state index contributed by atoms with van der Waals surface area (Å²) in [5.41, 5.74) is 1.54. The Kier molecular flexibility index (Phi) is 7.09. The summed E-state index contributed by atoms with van der Waals surface area (Å²) >= 11 is 6.18. The standard InChI is InChI=1S/C25H25ClFN3O3S/c1-19-11-12-20(26)17-24(19)30(34(32,33)21-7-3-2-4-8-21)18-25(31)29-15-13-28(14-16-29)23-10-6-5-9-22(23)27/h2-12,17H,13-16,18H2,1H3. The lowest BCUT2D eigenvalue weighted by Gasteiger charge is -2.37. The highest BCUT2D eigenvalue weighted by Crippen LogP contribution is 2.30. The lowest BCUT2D eigenvalue weighted by molar-refractivity contribution is -0.129. The molecule has 0 saturated carbocycles. The van der Waals surface area contributed by atoms with E-state index in [1.165, 1.54) is 18.2 Å². The number of anilines is 2. The molecule has 0 radical (unpaired) electrons. The van der Waals surface area contributed by atoms with Crippen molar-refractivity contribution in [2.45, 2.75) is 11.8 Å².